The fourth-order valence-electron chi connectivity index (χ4n) is 5.65. The van der Waals surface area contributed by atoms with Gasteiger partial charge in [0.05, 0.1) is 0 Å². The molecule has 8 aromatic rings. The van der Waals surface area contributed by atoms with Crippen LogP contribution in [0.3, 0.4) is 0 Å². The third-order valence-electron chi connectivity index (χ3n) is 8.41. The number of anilines is 12. The first-order chi connectivity index (χ1) is 28.5. The van der Waals surface area contributed by atoms with Crippen LogP contribution in [-0.4, -0.2) is 29.9 Å². The van der Waals surface area contributed by atoms with Gasteiger partial charge in [0, 0.05) is 43.9 Å². The van der Waals surface area contributed by atoms with Crippen molar-refractivity contribution < 1.29 is 0 Å². The minimum absolute atomic E-state index is 0.362. The van der Waals surface area contributed by atoms with E-state index in [1.807, 2.05) is 170 Å². The molecule has 0 saturated carbocycles. The summed E-state index contributed by atoms with van der Waals surface area (Å²) in [5.74, 6) is 2.28. The predicted molar refractivity (Wildman–Crippen MR) is 241 cm³/mol. The molecule has 0 aliphatic carbocycles. The maximum atomic E-state index is 4.80. The molecular weight excluding hydrogens is 761 g/mol. The molecule has 0 fully saturated rings. The van der Waals surface area contributed by atoms with Crippen LogP contribution in [0, 0.1) is 0 Å². The summed E-state index contributed by atoms with van der Waals surface area (Å²) in [4.78, 5) is 29.2. The Morgan fingerprint density at radius 2 is 0.534 bits per heavy atom. The van der Waals surface area contributed by atoms with Crippen LogP contribution in [0.2, 0.25) is 0 Å². The minimum atomic E-state index is 0.362. The molecule has 0 aliphatic rings. The largest absolute Gasteiger partial charge is 0.324 e. The molecule has 0 unspecified atom stereocenters. The first-order valence-corrected chi connectivity index (χ1v) is 19.1. The quantitative estimate of drug-likeness (QED) is 0.0391. The van der Waals surface area contributed by atoms with Crippen molar-refractivity contribution >= 4 is 107 Å². The summed E-state index contributed by atoms with van der Waals surface area (Å²) in [7, 11) is 0. The van der Waals surface area contributed by atoms with Crippen molar-refractivity contribution in [1.82, 2.24) is 29.9 Å². The van der Waals surface area contributed by atoms with E-state index < -0.39 is 0 Å². The number of thiol groups is 2. The van der Waals surface area contributed by atoms with Gasteiger partial charge in [-0.2, -0.15) is 29.9 Å². The van der Waals surface area contributed by atoms with Gasteiger partial charge in [-0.15, -0.1) is 25.3 Å². The molecule has 6 N–H and O–H groups in total. The van der Waals surface area contributed by atoms with E-state index >= 15 is 0 Å². The molecule has 8 rings (SSSR count). The van der Waals surface area contributed by atoms with Crippen LogP contribution in [-0.2, 0) is 0 Å². The summed E-state index contributed by atoms with van der Waals surface area (Å²) in [6.07, 6.45) is 3.99. The number of hydrogen-bond acceptors (Lipinski definition) is 14. The molecule has 2 heterocycles. The molecular formula is C44H36N12S2. The van der Waals surface area contributed by atoms with Crippen molar-refractivity contribution in [1.29, 1.82) is 0 Å². The van der Waals surface area contributed by atoms with Crippen molar-refractivity contribution in [3.63, 3.8) is 0 Å². The van der Waals surface area contributed by atoms with Gasteiger partial charge in [-0.1, -0.05) is 97.1 Å². The Hall–Kier alpha value is -7.42. The topological polar surface area (TPSA) is 150 Å². The van der Waals surface area contributed by atoms with Gasteiger partial charge in [0.25, 0.3) is 0 Å². The Bertz CT molecular complexity index is 2350. The van der Waals surface area contributed by atoms with Crippen LogP contribution in [0.15, 0.2) is 168 Å². The lowest BCUT2D eigenvalue weighted by Crippen LogP contribution is -2.07. The summed E-state index contributed by atoms with van der Waals surface area (Å²) in [6.45, 7) is 0. The van der Waals surface area contributed by atoms with E-state index in [0.717, 1.165) is 55.0 Å². The van der Waals surface area contributed by atoms with Crippen LogP contribution in [0.1, 0.15) is 11.1 Å². The summed E-state index contributed by atoms with van der Waals surface area (Å²) in [5, 5.41) is 19.7. The summed E-state index contributed by atoms with van der Waals surface area (Å²) < 4.78 is 0. The lowest BCUT2D eigenvalue weighted by molar-refractivity contribution is 1.06. The van der Waals surface area contributed by atoms with Gasteiger partial charge in [-0.3, -0.25) is 0 Å². The molecule has 2 aromatic heterocycles. The fourth-order valence-corrected chi connectivity index (χ4v) is 6.23. The molecule has 0 bridgehead atoms. The third-order valence-corrected chi connectivity index (χ3v) is 9.18. The number of rotatable bonds is 14. The van der Waals surface area contributed by atoms with E-state index in [1.54, 1.807) is 0 Å². The zero-order valence-electron chi connectivity index (χ0n) is 30.7. The highest BCUT2D eigenvalue weighted by atomic mass is 32.1. The Morgan fingerprint density at radius 3 is 0.776 bits per heavy atom. The smallest absolute Gasteiger partial charge is 0.233 e. The van der Waals surface area contributed by atoms with Gasteiger partial charge < -0.3 is 31.9 Å². The normalized spacial score (nSPS) is 10.9. The second-order valence-electron chi connectivity index (χ2n) is 12.7. The second-order valence-corrected chi connectivity index (χ2v) is 13.7. The van der Waals surface area contributed by atoms with Crippen molar-refractivity contribution in [3.8, 4) is 0 Å². The van der Waals surface area contributed by atoms with Crippen LogP contribution >= 0.6 is 25.3 Å². The molecule has 12 nitrogen and oxygen atoms in total. The third kappa shape index (κ3) is 10.3. The average Bonchev–Trinajstić information content (AvgIpc) is 3.22. The number of para-hydroxylation sites is 4. The number of aromatic nitrogens is 6. The van der Waals surface area contributed by atoms with Crippen LogP contribution in [0.4, 0.5) is 69.8 Å². The summed E-state index contributed by atoms with van der Waals surface area (Å²) >= 11 is 9.61. The number of nitrogens with zero attached hydrogens (tertiary/aromatic N) is 6. The Morgan fingerprint density at radius 1 is 0.293 bits per heavy atom. The van der Waals surface area contributed by atoms with E-state index in [4.69, 9.17) is 25.3 Å². The van der Waals surface area contributed by atoms with Gasteiger partial charge in [0.2, 0.25) is 35.7 Å². The number of benzene rings is 6. The standard InChI is InChI=1S/C44H36N12S2/c57-37-27-35(49-43-53-39(45-31-13-5-1-6-14-31)51-40(54-43)46-32-15-7-2-8-16-32)25-23-29(37)21-22-30-24-26-36(28-38(30)58)50-44-55-41(47-33-17-9-3-10-18-33)52-42(56-44)48-34-19-11-4-12-20-34/h1-28,57-58H,(H3,45,46,49,51,53,54)(H3,47,48,50,52,55,56)/b22-21+. The molecule has 58 heavy (non-hydrogen) atoms. The van der Waals surface area contributed by atoms with Gasteiger partial charge in [0.15, 0.2) is 0 Å². The van der Waals surface area contributed by atoms with Crippen molar-refractivity contribution in [2.24, 2.45) is 0 Å². The Balaban J connectivity index is 0.966. The molecule has 14 heteroatoms. The van der Waals surface area contributed by atoms with Gasteiger partial charge in [0.1, 0.15) is 0 Å². The van der Waals surface area contributed by atoms with Gasteiger partial charge >= 0.3 is 0 Å². The van der Waals surface area contributed by atoms with Crippen LogP contribution in [0.25, 0.3) is 12.2 Å². The number of hydrogen-bond donors (Lipinski definition) is 8. The average molecular weight is 797 g/mol. The molecule has 0 saturated heterocycles. The van der Waals surface area contributed by atoms with Crippen LogP contribution < -0.4 is 31.9 Å². The molecule has 0 atom stereocenters. The number of nitrogens with one attached hydrogen (secondary N) is 6. The highest BCUT2D eigenvalue weighted by Gasteiger charge is 2.11. The molecule has 0 spiro atoms. The van der Waals surface area contributed by atoms with Crippen molar-refractivity contribution in [3.05, 3.63) is 169 Å². The summed E-state index contributed by atoms with van der Waals surface area (Å²) in [5.41, 5.74) is 6.78. The molecule has 0 amide bonds. The van der Waals surface area contributed by atoms with Crippen molar-refractivity contribution in [2.45, 2.75) is 9.79 Å². The van der Waals surface area contributed by atoms with Crippen LogP contribution in [0.5, 0.6) is 0 Å². The molecule has 0 aliphatic heterocycles. The molecule has 284 valence electrons. The molecule has 6 aromatic carbocycles. The van der Waals surface area contributed by atoms with Gasteiger partial charge in [-0.05, 0) is 83.9 Å². The van der Waals surface area contributed by atoms with E-state index in [0.29, 0.717) is 35.7 Å². The SMILES string of the molecule is Sc1cc(Nc2nc(Nc3ccccc3)nc(Nc3ccccc3)n2)ccc1/C=C/c1ccc(Nc2nc(Nc3ccccc3)nc(Nc3ccccc3)n2)cc1S. The van der Waals surface area contributed by atoms with E-state index in [9.17, 15) is 0 Å². The van der Waals surface area contributed by atoms with E-state index in [-0.39, 0.29) is 0 Å². The predicted octanol–water partition coefficient (Wildman–Crippen LogP) is 11.3. The first-order valence-electron chi connectivity index (χ1n) is 18.2. The van der Waals surface area contributed by atoms with Gasteiger partial charge in [-0.25, -0.2) is 0 Å². The highest BCUT2D eigenvalue weighted by Crippen LogP contribution is 2.28. The first kappa shape index (κ1) is 37.5. The lowest BCUT2D eigenvalue weighted by Gasteiger charge is -2.12. The zero-order valence-corrected chi connectivity index (χ0v) is 32.5. The second kappa shape index (κ2) is 18.0. The monoisotopic (exact) mass is 796 g/mol. The maximum Gasteiger partial charge on any atom is 0.233 e. The highest BCUT2D eigenvalue weighted by molar-refractivity contribution is 7.80. The Kier molecular flexibility index (Phi) is 11.7. The summed E-state index contributed by atoms with van der Waals surface area (Å²) in [6, 6.07) is 50.6. The fraction of sp³-hybridized carbons (Fsp3) is 0. The minimum Gasteiger partial charge on any atom is -0.324 e. The van der Waals surface area contributed by atoms with E-state index in [1.165, 1.54) is 0 Å². The van der Waals surface area contributed by atoms with E-state index in [2.05, 4.69) is 61.8 Å². The zero-order chi connectivity index (χ0) is 39.5. The van der Waals surface area contributed by atoms with Crippen molar-refractivity contribution in [2.75, 3.05) is 31.9 Å². The lowest BCUT2D eigenvalue weighted by atomic mass is 10.1. The molecule has 0 radical (unpaired) electrons. The maximum absolute atomic E-state index is 4.80. The Labute approximate surface area is 346 Å².